The van der Waals surface area contributed by atoms with Crippen molar-refractivity contribution >= 4 is 102 Å². The van der Waals surface area contributed by atoms with E-state index in [-0.39, 0.29) is 0 Å². The zero-order chi connectivity index (χ0) is 38.2. The van der Waals surface area contributed by atoms with Crippen molar-refractivity contribution in [2.24, 2.45) is 0 Å². The number of benzene rings is 8. The molecule has 0 saturated heterocycles. The predicted molar refractivity (Wildman–Crippen MR) is 244 cm³/mol. The third-order valence-electron chi connectivity index (χ3n) is 10.9. The summed E-state index contributed by atoms with van der Waals surface area (Å²) >= 11 is 3.61. The number of aromatic nitrogens is 3. The highest BCUT2D eigenvalue weighted by Gasteiger charge is 2.23. The number of para-hydroxylation sites is 2. The zero-order valence-corrected chi connectivity index (χ0v) is 32.5. The quantitative estimate of drug-likeness (QED) is 0.168. The van der Waals surface area contributed by atoms with Gasteiger partial charge >= 0.3 is 0 Å². The van der Waals surface area contributed by atoms with E-state index in [0.717, 1.165) is 61.1 Å². The lowest BCUT2D eigenvalue weighted by Crippen LogP contribution is -2.10. The molecule has 0 amide bonds. The molecule has 0 saturated carbocycles. The predicted octanol–water partition coefficient (Wildman–Crippen LogP) is 15.0. The van der Waals surface area contributed by atoms with Gasteiger partial charge in [0.25, 0.3) is 0 Å². The van der Waals surface area contributed by atoms with E-state index in [0.29, 0.717) is 17.5 Å². The summed E-state index contributed by atoms with van der Waals surface area (Å²) in [6.45, 7) is 0. The lowest BCUT2D eigenvalue weighted by Gasteiger charge is -2.26. The van der Waals surface area contributed by atoms with Crippen molar-refractivity contribution in [3.63, 3.8) is 0 Å². The number of furan rings is 1. The molecule has 4 aromatic heterocycles. The van der Waals surface area contributed by atoms with Gasteiger partial charge in [-0.15, -0.1) is 22.7 Å². The van der Waals surface area contributed by atoms with Crippen molar-refractivity contribution in [3.05, 3.63) is 182 Å². The van der Waals surface area contributed by atoms with Gasteiger partial charge in [-0.3, -0.25) is 0 Å². The highest BCUT2D eigenvalue weighted by Crippen LogP contribution is 2.46. The van der Waals surface area contributed by atoms with Crippen LogP contribution in [-0.2, 0) is 0 Å². The monoisotopic (exact) mass is 778 g/mol. The smallest absolute Gasteiger partial charge is 0.164 e. The molecule has 0 fully saturated rings. The minimum atomic E-state index is 0.576. The van der Waals surface area contributed by atoms with Gasteiger partial charge in [0.05, 0.1) is 5.69 Å². The van der Waals surface area contributed by atoms with Crippen LogP contribution in [0.25, 0.3) is 96.4 Å². The Morgan fingerprint density at radius 1 is 0.362 bits per heavy atom. The molecule has 0 spiro atoms. The zero-order valence-electron chi connectivity index (χ0n) is 30.8. The fourth-order valence-corrected chi connectivity index (χ4v) is 10.6. The normalized spacial score (nSPS) is 11.8. The number of thiophene rings is 2. The van der Waals surface area contributed by atoms with Crippen molar-refractivity contribution in [2.75, 3.05) is 4.90 Å². The van der Waals surface area contributed by atoms with Crippen molar-refractivity contribution in [3.8, 4) is 34.2 Å². The maximum atomic E-state index is 6.72. The maximum absolute atomic E-state index is 6.72. The molecule has 0 aliphatic heterocycles. The second kappa shape index (κ2) is 13.2. The summed E-state index contributed by atoms with van der Waals surface area (Å²) in [5.74, 6) is 1.81. The average molecular weight is 779 g/mol. The number of nitrogens with zero attached hydrogens (tertiary/aromatic N) is 4. The first-order valence-corrected chi connectivity index (χ1v) is 20.8. The molecule has 4 heterocycles. The van der Waals surface area contributed by atoms with E-state index in [1.54, 1.807) is 11.3 Å². The van der Waals surface area contributed by atoms with Crippen LogP contribution in [0.4, 0.5) is 17.1 Å². The number of hydrogen-bond donors (Lipinski definition) is 0. The molecule has 0 bridgehead atoms. The fourth-order valence-electron chi connectivity index (χ4n) is 8.32. The first kappa shape index (κ1) is 33.0. The molecule has 5 nitrogen and oxygen atoms in total. The summed E-state index contributed by atoms with van der Waals surface area (Å²) in [7, 11) is 0. The summed E-state index contributed by atoms with van der Waals surface area (Å²) in [5, 5.41) is 6.84. The van der Waals surface area contributed by atoms with Gasteiger partial charge in [0.2, 0.25) is 0 Å². The Morgan fingerprint density at radius 2 is 0.983 bits per heavy atom. The summed E-state index contributed by atoms with van der Waals surface area (Å²) in [6.07, 6.45) is 0. The number of anilines is 3. The van der Waals surface area contributed by atoms with Gasteiger partial charge in [-0.2, -0.15) is 0 Å². The molecule has 0 N–H and O–H groups in total. The van der Waals surface area contributed by atoms with Crippen LogP contribution < -0.4 is 4.90 Å². The largest absolute Gasteiger partial charge is 0.456 e. The molecular weight excluding hydrogens is 749 g/mol. The van der Waals surface area contributed by atoms with Crippen molar-refractivity contribution in [2.45, 2.75) is 0 Å². The Kier molecular flexibility index (Phi) is 7.51. The summed E-state index contributed by atoms with van der Waals surface area (Å²) in [4.78, 5) is 18.2. The molecule has 0 aliphatic rings. The molecule has 0 atom stereocenters. The van der Waals surface area contributed by atoms with Crippen molar-refractivity contribution in [1.82, 2.24) is 15.0 Å². The molecule has 8 aromatic carbocycles. The SMILES string of the molecule is c1ccc(-c2nc(-c3cc(N(c4ccccc4)c4ccc5c(c4)sc4ccccc45)cc4oc5ccccc5c34)nc(-c3cccc4sc5ccccc5c34)n2)cc1. The lowest BCUT2D eigenvalue weighted by molar-refractivity contribution is 0.669. The number of fused-ring (bicyclic) bond motifs is 9. The Labute approximate surface area is 340 Å². The van der Waals surface area contributed by atoms with Gasteiger partial charge in [-0.05, 0) is 54.6 Å². The molecule has 272 valence electrons. The van der Waals surface area contributed by atoms with Gasteiger partial charge in [0.15, 0.2) is 17.5 Å². The molecule has 12 rings (SSSR count). The minimum Gasteiger partial charge on any atom is -0.456 e. The van der Waals surface area contributed by atoms with E-state index in [4.69, 9.17) is 19.4 Å². The molecule has 12 aromatic rings. The first-order valence-electron chi connectivity index (χ1n) is 19.2. The molecule has 0 radical (unpaired) electrons. The molecular formula is C51H30N4OS2. The van der Waals surface area contributed by atoms with Crippen molar-refractivity contribution in [1.29, 1.82) is 0 Å². The standard InChI is InChI=1S/C51H30N4OS2/c1-3-14-31(15-4-1)49-52-50(39-21-13-25-45-48(39)38-20-9-12-24-44(38)57-45)54-51(53-49)40-28-34(29-42-47(40)37-19-7-10-22-41(37)56-42)55(32-16-5-2-6-17-32)33-26-27-36-35-18-8-11-23-43(35)58-46(36)30-33/h1-30H. The van der Waals surface area contributed by atoms with Crippen LogP contribution in [0.2, 0.25) is 0 Å². The van der Waals surface area contributed by atoms with Crippen LogP contribution in [0.1, 0.15) is 0 Å². The van der Waals surface area contributed by atoms with Gasteiger partial charge in [-0.1, -0.05) is 121 Å². The fraction of sp³-hybridized carbons (Fsp3) is 0. The Morgan fingerprint density at radius 3 is 1.81 bits per heavy atom. The number of hydrogen-bond acceptors (Lipinski definition) is 7. The molecule has 0 aliphatic carbocycles. The lowest BCUT2D eigenvalue weighted by atomic mass is 10.0. The van der Waals surface area contributed by atoms with Crippen LogP contribution >= 0.6 is 22.7 Å². The molecule has 0 unspecified atom stereocenters. The highest BCUT2D eigenvalue weighted by molar-refractivity contribution is 7.26. The second-order valence-electron chi connectivity index (χ2n) is 14.4. The van der Waals surface area contributed by atoms with Gasteiger partial charge in [0.1, 0.15) is 11.2 Å². The Bertz CT molecular complexity index is 3530. The maximum Gasteiger partial charge on any atom is 0.164 e. The third kappa shape index (κ3) is 5.32. The van der Waals surface area contributed by atoms with E-state index in [1.807, 2.05) is 41.7 Å². The van der Waals surface area contributed by atoms with E-state index in [1.165, 1.54) is 35.0 Å². The van der Waals surface area contributed by atoms with Crippen LogP contribution in [0, 0.1) is 0 Å². The highest BCUT2D eigenvalue weighted by atomic mass is 32.1. The Hall–Kier alpha value is -7.19. The minimum absolute atomic E-state index is 0.576. The van der Waals surface area contributed by atoms with Crippen molar-refractivity contribution < 1.29 is 4.42 Å². The second-order valence-corrected chi connectivity index (χ2v) is 16.5. The average Bonchev–Trinajstić information content (AvgIpc) is 3.98. The van der Waals surface area contributed by atoms with E-state index < -0.39 is 0 Å². The van der Waals surface area contributed by atoms with Crippen LogP contribution in [-0.4, -0.2) is 15.0 Å². The summed E-state index contributed by atoms with van der Waals surface area (Å²) < 4.78 is 11.7. The Balaban J connectivity index is 1.14. The van der Waals surface area contributed by atoms with Gasteiger partial charge in [0, 0.05) is 85.2 Å². The van der Waals surface area contributed by atoms with Gasteiger partial charge < -0.3 is 9.32 Å². The molecule has 7 heteroatoms. The van der Waals surface area contributed by atoms with Crippen LogP contribution in [0.15, 0.2) is 186 Å². The van der Waals surface area contributed by atoms with E-state index in [2.05, 4.69) is 157 Å². The van der Waals surface area contributed by atoms with Gasteiger partial charge in [-0.25, -0.2) is 15.0 Å². The summed E-state index contributed by atoms with van der Waals surface area (Å²) in [5.41, 5.74) is 7.33. The van der Waals surface area contributed by atoms with Crippen LogP contribution in [0.5, 0.6) is 0 Å². The van der Waals surface area contributed by atoms with E-state index in [9.17, 15) is 0 Å². The molecule has 58 heavy (non-hydrogen) atoms. The topological polar surface area (TPSA) is 55.1 Å². The summed E-state index contributed by atoms with van der Waals surface area (Å²) in [6, 6.07) is 63.7. The first-order chi connectivity index (χ1) is 28.7. The number of rotatable bonds is 6. The van der Waals surface area contributed by atoms with Crippen LogP contribution in [0.3, 0.4) is 0 Å². The van der Waals surface area contributed by atoms with E-state index >= 15 is 0 Å². The third-order valence-corrected chi connectivity index (χ3v) is 13.2.